The lowest BCUT2D eigenvalue weighted by molar-refractivity contribution is 0.168. The first kappa shape index (κ1) is 14.3. The number of hydrogen-bond donors (Lipinski definition) is 2. The van der Waals surface area contributed by atoms with Crippen LogP contribution in [0.5, 0.6) is 0 Å². The summed E-state index contributed by atoms with van der Waals surface area (Å²) in [5.74, 6) is 0.381. The van der Waals surface area contributed by atoms with Gasteiger partial charge >= 0.3 is 6.09 Å². The van der Waals surface area contributed by atoms with Gasteiger partial charge in [0.1, 0.15) is 6.07 Å². The minimum atomic E-state index is -0.501. The average molecular weight is 283 g/mol. The van der Waals surface area contributed by atoms with Crippen molar-refractivity contribution in [3.05, 3.63) is 42.4 Å². The van der Waals surface area contributed by atoms with Gasteiger partial charge in [0.25, 0.3) is 0 Å². The summed E-state index contributed by atoms with van der Waals surface area (Å²) in [5.41, 5.74) is 1.55. The van der Waals surface area contributed by atoms with Gasteiger partial charge < -0.3 is 10.1 Å². The van der Waals surface area contributed by atoms with E-state index >= 15 is 0 Å². The third-order valence-corrected chi connectivity index (χ3v) is 2.47. The molecule has 0 fully saturated rings. The Labute approximate surface area is 121 Å². The molecule has 0 aliphatic carbocycles. The van der Waals surface area contributed by atoms with Crippen molar-refractivity contribution in [2.24, 2.45) is 0 Å². The smallest absolute Gasteiger partial charge is 0.411 e. The van der Waals surface area contributed by atoms with E-state index in [2.05, 4.69) is 20.6 Å². The highest BCUT2D eigenvalue weighted by atomic mass is 16.5. The number of carbonyl (C=O) groups is 1. The van der Waals surface area contributed by atoms with Gasteiger partial charge in [-0.25, -0.2) is 14.8 Å². The summed E-state index contributed by atoms with van der Waals surface area (Å²) in [7, 11) is 0. The molecule has 2 rings (SSSR count). The van der Waals surface area contributed by atoms with Crippen LogP contribution in [0.15, 0.2) is 36.7 Å². The Morgan fingerprint density at radius 1 is 1.24 bits per heavy atom. The molecule has 1 aromatic carbocycles. The number of nitrogens with one attached hydrogen (secondary N) is 2. The highest BCUT2D eigenvalue weighted by molar-refractivity contribution is 5.84. The molecule has 1 aromatic heterocycles. The summed E-state index contributed by atoms with van der Waals surface area (Å²) in [6.45, 7) is 2.05. The standard InChI is InChI=1S/C14H13N5O2/c1-2-21-14(20)19-11-5-3-10(4-6-11)18-13-12(9-15)16-7-8-17-13/h3-8H,2H2,1H3,(H,17,18)(H,19,20). The zero-order valence-electron chi connectivity index (χ0n) is 11.3. The SMILES string of the molecule is CCOC(=O)Nc1ccc(Nc2nccnc2C#N)cc1. The van der Waals surface area contributed by atoms with Crippen molar-refractivity contribution in [2.75, 3.05) is 17.2 Å². The fraction of sp³-hybridized carbons (Fsp3) is 0.143. The molecule has 7 heteroatoms. The molecule has 0 saturated carbocycles. The highest BCUT2D eigenvalue weighted by Crippen LogP contribution is 2.18. The van der Waals surface area contributed by atoms with Crippen molar-refractivity contribution in [3.8, 4) is 6.07 Å². The van der Waals surface area contributed by atoms with Gasteiger partial charge in [0, 0.05) is 23.8 Å². The number of nitrogens with zero attached hydrogens (tertiary/aromatic N) is 3. The molecule has 106 valence electrons. The van der Waals surface area contributed by atoms with Crippen LogP contribution in [0.2, 0.25) is 0 Å². The molecule has 0 bridgehead atoms. The summed E-state index contributed by atoms with van der Waals surface area (Å²) in [6.07, 6.45) is 2.45. The Balaban J connectivity index is 2.06. The van der Waals surface area contributed by atoms with E-state index in [1.54, 1.807) is 31.2 Å². The maximum Gasteiger partial charge on any atom is 0.411 e. The molecule has 0 aliphatic rings. The monoisotopic (exact) mass is 283 g/mol. The van der Waals surface area contributed by atoms with E-state index in [1.165, 1.54) is 12.4 Å². The Kier molecular flexibility index (Phi) is 4.66. The lowest BCUT2D eigenvalue weighted by Gasteiger charge is -2.08. The van der Waals surface area contributed by atoms with Crippen molar-refractivity contribution >= 4 is 23.3 Å². The number of ether oxygens (including phenoxy) is 1. The van der Waals surface area contributed by atoms with Crippen molar-refractivity contribution in [1.82, 2.24) is 9.97 Å². The molecule has 0 saturated heterocycles. The maximum absolute atomic E-state index is 11.3. The molecule has 7 nitrogen and oxygen atoms in total. The minimum absolute atomic E-state index is 0.214. The number of aromatic nitrogens is 2. The Hall–Kier alpha value is -3.14. The molecule has 21 heavy (non-hydrogen) atoms. The van der Waals surface area contributed by atoms with Gasteiger partial charge in [0.15, 0.2) is 11.5 Å². The second kappa shape index (κ2) is 6.86. The number of rotatable bonds is 4. The number of anilines is 3. The first-order chi connectivity index (χ1) is 10.2. The summed E-state index contributed by atoms with van der Waals surface area (Å²) in [4.78, 5) is 19.2. The fourth-order valence-electron chi connectivity index (χ4n) is 1.57. The van der Waals surface area contributed by atoms with Crippen LogP contribution in [0.25, 0.3) is 0 Å². The number of benzene rings is 1. The zero-order chi connectivity index (χ0) is 15.1. The predicted octanol–water partition coefficient (Wildman–Crippen LogP) is 2.66. The third-order valence-electron chi connectivity index (χ3n) is 2.47. The van der Waals surface area contributed by atoms with Gasteiger partial charge in [-0.05, 0) is 31.2 Å². The number of amides is 1. The molecule has 2 aromatic rings. The van der Waals surface area contributed by atoms with Crippen LogP contribution in [-0.4, -0.2) is 22.7 Å². The predicted molar refractivity (Wildman–Crippen MR) is 77.1 cm³/mol. The van der Waals surface area contributed by atoms with Crippen molar-refractivity contribution < 1.29 is 9.53 Å². The minimum Gasteiger partial charge on any atom is -0.450 e. The van der Waals surface area contributed by atoms with Gasteiger partial charge in [-0.1, -0.05) is 0 Å². The molecular formula is C14H13N5O2. The fourth-order valence-corrected chi connectivity index (χ4v) is 1.57. The number of nitriles is 1. The van der Waals surface area contributed by atoms with Crippen LogP contribution in [0.1, 0.15) is 12.6 Å². The summed E-state index contributed by atoms with van der Waals surface area (Å²) in [5, 5.41) is 14.5. The normalized spacial score (nSPS) is 9.52. The van der Waals surface area contributed by atoms with E-state index in [9.17, 15) is 4.79 Å². The Bertz CT molecular complexity index is 664. The quantitative estimate of drug-likeness (QED) is 0.894. The summed E-state index contributed by atoms with van der Waals surface area (Å²) in [6, 6.07) is 8.87. The largest absolute Gasteiger partial charge is 0.450 e. The van der Waals surface area contributed by atoms with Crippen molar-refractivity contribution in [3.63, 3.8) is 0 Å². The second-order valence-corrected chi connectivity index (χ2v) is 3.91. The van der Waals surface area contributed by atoms with Gasteiger partial charge in [0.2, 0.25) is 0 Å². The average Bonchev–Trinajstić information content (AvgIpc) is 2.50. The van der Waals surface area contributed by atoms with Gasteiger partial charge in [-0.3, -0.25) is 5.32 Å². The number of carbonyl (C=O) groups excluding carboxylic acids is 1. The van der Waals surface area contributed by atoms with Crippen molar-refractivity contribution in [2.45, 2.75) is 6.92 Å². The number of hydrogen-bond acceptors (Lipinski definition) is 6. The molecule has 1 heterocycles. The van der Waals surface area contributed by atoms with Gasteiger partial charge in [-0.15, -0.1) is 0 Å². The first-order valence-corrected chi connectivity index (χ1v) is 6.25. The topological polar surface area (TPSA) is 99.9 Å². The van der Waals surface area contributed by atoms with E-state index in [0.717, 1.165) is 5.69 Å². The molecule has 2 N–H and O–H groups in total. The summed E-state index contributed by atoms with van der Waals surface area (Å²) < 4.78 is 4.78. The second-order valence-electron chi connectivity index (χ2n) is 3.91. The maximum atomic E-state index is 11.3. The molecule has 1 amide bonds. The Morgan fingerprint density at radius 3 is 2.57 bits per heavy atom. The van der Waals surface area contributed by atoms with Crippen LogP contribution in [0.4, 0.5) is 22.0 Å². The molecule has 0 aliphatic heterocycles. The van der Waals surface area contributed by atoms with Crippen LogP contribution >= 0.6 is 0 Å². The van der Waals surface area contributed by atoms with E-state index in [0.29, 0.717) is 18.1 Å². The van der Waals surface area contributed by atoms with Crippen LogP contribution < -0.4 is 10.6 Å². The van der Waals surface area contributed by atoms with Gasteiger partial charge in [-0.2, -0.15) is 5.26 Å². The van der Waals surface area contributed by atoms with E-state index in [1.807, 2.05) is 6.07 Å². The molecule has 0 atom stereocenters. The zero-order valence-corrected chi connectivity index (χ0v) is 11.3. The van der Waals surface area contributed by atoms with Crippen LogP contribution in [0.3, 0.4) is 0 Å². The molecular weight excluding hydrogens is 270 g/mol. The first-order valence-electron chi connectivity index (χ1n) is 6.25. The molecule has 0 unspecified atom stereocenters. The summed E-state index contributed by atoms with van der Waals surface area (Å²) >= 11 is 0. The highest BCUT2D eigenvalue weighted by Gasteiger charge is 2.05. The van der Waals surface area contributed by atoms with Crippen LogP contribution in [-0.2, 0) is 4.74 Å². The van der Waals surface area contributed by atoms with Crippen molar-refractivity contribution in [1.29, 1.82) is 5.26 Å². The lowest BCUT2D eigenvalue weighted by Crippen LogP contribution is -2.13. The van der Waals surface area contributed by atoms with Gasteiger partial charge in [0.05, 0.1) is 6.61 Å². The van der Waals surface area contributed by atoms with Crippen LogP contribution in [0, 0.1) is 11.3 Å². The van der Waals surface area contributed by atoms with E-state index in [-0.39, 0.29) is 5.69 Å². The lowest BCUT2D eigenvalue weighted by atomic mass is 10.2. The third kappa shape index (κ3) is 3.91. The van der Waals surface area contributed by atoms with E-state index < -0.39 is 6.09 Å². The molecule has 0 radical (unpaired) electrons. The molecule has 0 spiro atoms. The van der Waals surface area contributed by atoms with E-state index in [4.69, 9.17) is 10.00 Å². The Morgan fingerprint density at radius 2 is 1.90 bits per heavy atom.